The summed E-state index contributed by atoms with van der Waals surface area (Å²) < 4.78 is 42.1. The zero-order chi connectivity index (χ0) is 12.3. The summed E-state index contributed by atoms with van der Waals surface area (Å²) in [6.45, 7) is 3.77. The van der Waals surface area contributed by atoms with E-state index >= 15 is 0 Å². The van der Waals surface area contributed by atoms with E-state index < -0.39 is 11.7 Å². The molecule has 0 atom stereocenters. The molecule has 16 heavy (non-hydrogen) atoms. The summed E-state index contributed by atoms with van der Waals surface area (Å²) in [6.07, 6.45) is -4.38. The molecule has 88 valence electrons. The van der Waals surface area contributed by atoms with Crippen LogP contribution in [-0.2, 0) is 10.9 Å². The fourth-order valence-corrected chi connectivity index (χ4v) is 1.29. The van der Waals surface area contributed by atoms with Crippen LogP contribution < -0.4 is 5.73 Å². The van der Waals surface area contributed by atoms with Crippen LogP contribution in [0.2, 0.25) is 0 Å². The van der Waals surface area contributed by atoms with E-state index in [1.165, 1.54) is 13.2 Å². The van der Waals surface area contributed by atoms with E-state index in [0.29, 0.717) is 5.57 Å². The molecule has 0 bridgehead atoms. The van der Waals surface area contributed by atoms with Crippen molar-refractivity contribution in [2.24, 2.45) is 0 Å². The molecule has 1 rings (SSSR count). The Hall–Kier alpha value is -1.49. The molecule has 0 heterocycles. The normalized spacial score (nSPS) is 11.5. The molecule has 1 aromatic rings. The molecule has 2 N–H and O–H groups in total. The Morgan fingerprint density at radius 3 is 2.56 bits per heavy atom. The van der Waals surface area contributed by atoms with Gasteiger partial charge in [-0.15, -0.1) is 0 Å². The van der Waals surface area contributed by atoms with Crippen LogP contribution in [0.1, 0.15) is 11.1 Å². The quantitative estimate of drug-likeness (QED) is 0.812. The molecule has 0 amide bonds. The maximum absolute atomic E-state index is 12.4. The van der Waals surface area contributed by atoms with E-state index in [4.69, 9.17) is 10.5 Å². The SMILES string of the molecule is C=C(COC)c1cc(C(F)(F)F)ccc1N. The number of halogens is 3. The number of nitrogen functional groups attached to an aromatic ring is 1. The van der Waals surface area contributed by atoms with Gasteiger partial charge < -0.3 is 10.5 Å². The predicted molar refractivity (Wildman–Crippen MR) is 56.8 cm³/mol. The lowest BCUT2D eigenvalue weighted by atomic mass is 10.0. The average Bonchev–Trinajstić information content (AvgIpc) is 2.16. The highest BCUT2D eigenvalue weighted by atomic mass is 19.4. The lowest BCUT2D eigenvalue weighted by Crippen LogP contribution is -2.07. The van der Waals surface area contributed by atoms with Crippen molar-refractivity contribution in [3.8, 4) is 0 Å². The van der Waals surface area contributed by atoms with Gasteiger partial charge in [0.1, 0.15) is 0 Å². The summed E-state index contributed by atoms with van der Waals surface area (Å²) in [4.78, 5) is 0. The summed E-state index contributed by atoms with van der Waals surface area (Å²) in [7, 11) is 1.44. The van der Waals surface area contributed by atoms with Crippen LogP contribution in [-0.4, -0.2) is 13.7 Å². The number of benzene rings is 1. The summed E-state index contributed by atoms with van der Waals surface area (Å²) in [5.74, 6) is 0. The molecular formula is C11H12F3NO. The predicted octanol–water partition coefficient (Wildman–Crippen LogP) is 2.95. The lowest BCUT2D eigenvalue weighted by molar-refractivity contribution is -0.137. The molecule has 0 fully saturated rings. The van der Waals surface area contributed by atoms with Gasteiger partial charge in [0, 0.05) is 18.4 Å². The van der Waals surface area contributed by atoms with Crippen molar-refractivity contribution in [3.05, 3.63) is 35.9 Å². The van der Waals surface area contributed by atoms with Crippen LogP contribution in [0.5, 0.6) is 0 Å². The zero-order valence-corrected chi connectivity index (χ0v) is 8.77. The molecule has 5 heteroatoms. The van der Waals surface area contributed by atoms with Gasteiger partial charge in [0.25, 0.3) is 0 Å². The monoisotopic (exact) mass is 231 g/mol. The summed E-state index contributed by atoms with van der Waals surface area (Å²) >= 11 is 0. The van der Waals surface area contributed by atoms with Gasteiger partial charge in [0.15, 0.2) is 0 Å². The van der Waals surface area contributed by atoms with Gasteiger partial charge in [-0.05, 0) is 23.8 Å². The third kappa shape index (κ3) is 2.76. The van der Waals surface area contributed by atoms with Crippen molar-refractivity contribution in [1.82, 2.24) is 0 Å². The minimum atomic E-state index is -4.38. The topological polar surface area (TPSA) is 35.2 Å². The van der Waals surface area contributed by atoms with E-state index in [-0.39, 0.29) is 17.9 Å². The van der Waals surface area contributed by atoms with Gasteiger partial charge in [0.05, 0.1) is 12.2 Å². The van der Waals surface area contributed by atoms with Crippen LogP contribution in [0.4, 0.5) is 18.9 Å². The van der Waals surface area contributed by atoms with E-state index in [0.717, 1.165) is 12.1 Å². The first-order chi connectivity index (χ1) is 7.36. The fraction of sp³-hybridized carbons (Fsp3) is 0.273. The van der Waals surface area contributed by atoms with E-state index in [1.54, 1.807) is 0 Å². The minimum Gasteiger partial charge on any atom is -0.398 e. The Morgan fingerprint density at radius 1 is 1.44 bits per heavy atom. The summed E-state index contributed by atoms with van der Waals surface area (Å²) in [5.41, 5.74) is 5.79. The Labute approximate surface area is 91.5 Å². The van der Waals surface area contributed by atoms with Gasteiger partial charge >= 0.3 is 6.18 Å². The van der Waals surface area contributed by atoms with Crippen molar-refractivity contribution in [3.63, 3.8) is 0 Å². The second-order valence-electron chi connectivity index (χ2n) is 3.34. The first-order valence-electron chi connectivity index (χ1n) is 4.50. The van der Waals surface area contributed by atoms with Crippen LogP contribution in [0.3, 0.4) is 0 Å². The fourth-order valence-electron chi connectivity index (χ4n) is 1.29. The molecule has 0 aliphatic heterocycles. The van der Waals surface area contributed by atoms with E-state index in [1.807, 2.05) is 0 Å². The summed E-state index contributed by atoms with van der Waals surface area (Å²) in [6, 6.07) is 3.15. The molecule has 0 spiro atoms. The van der Waals surface area contributed by atoms with Crippen molar-refractivity contribution >= 4 is 11.3 Å². The first-order valence-corrected chi connectivity index (χ1v) is 4.50. The van der Waals surface area contributed by atoms with Gasteiger partial charge in [-0.2, -0.15) is 13.2 Å². The number of ether oxygens (including phenoxy) is 1. The first kappa shape index (κ1) is 12.6. The second kappa shape index (κ2) is 4.57. The number of alkyl halides is 3. The third-order valence-corrected chi connectivity index (χ3v) is 2.08. The lowest BCUT2D eigenvalue weighted by Gasteiger charge is -2.12. The number of methoxy groups -OCH3 is 1. The molecule has 0 saturated heterocycles. The van der Waals surface area contributed by atoms with Crippen molar-refractivity contribution in [2.75, 3.05) is 19.5 Å². The Balaban J connectivity index is 3.14. The van der Waals surface area contributed by atoms with Crippen molar-refractivity contribution in [1.29, 1.82) is 0 Å². The second-order valence-corrected chi connectivity index (χ2v) is 3.34. The molecule has 0 unspecified atom stereocenters. The number of hydrogen-bond donors (Lipinski definition) is 1. The highest BCUT2D eigenvalue weighted by Gasteiger charge is 2.30. The van der Waals surface area contributed by atoms with Crippen LogP contribution in [0, 0.1) is 0 Å². The molecular weight excluding hydrogens is 219 g/mol. The maximum Gasteiger partial charge on any atom is 0.416 e. The standard InChI is InChI=1S/C11H12F3NO/c1-7(6-16-2)9-5-8(11(12,13)14)3-4-10(9)15/h3-5H,1,6,15H2,2H3. The third-order valence-electron chi connectivity index (χ3n) is 2.08. The van der Waals surface area contributed by atoms with Crippen LogP contribution in [0.25, 0.3) is 5.57 Å². The average molecular weight is 231 g/mol. The molecule has 0 radical (unpaired) electrons. The Kier molecular flexibility index (Phi) is 3.59. The number of nitrogens with two attached hydrogens (primary N) is 1. The smallest absolute Gasteiger partial charge is 0.398 e. The summed E-state index contributed by atoms with van der Waals surface area (Å²) in [5, 5.41) is 0. The molecule has 0 aliphatic rings. The molecule has 2 nitrogen and oxygen atoms in total. The number of hydrogen-bond acceptors (Lipinski definition) is 2. The van der Waals surface area contributed by atoms with Crippen LogP contribution in [0.15, 0.2) is 24.8 Å². The van der Waals surface area contributed by atoms with Gasteiger partial charge in [0.2, 0.25) is 0 Å². The molecule has 0 aromatic heterocycles. The van der Waals surface area contributed by atoms with Crippen molar-refractivity contribution in [2.45, 2.75) is 6.18 Å². The highest BCUT2D eigenvalue weighted by Crippen LogP contribution is 2.32. The highest BCUT2D eigenvalue weighted by molar-refractivity contribution is 5.74. The van der Waals surface area contributed by atoms with Gasteiger partial charge in [-0.25, -0.2) is 0 Å². The molecule has 0 saturated carbocycles. The largest absolute Gasteiger partial charge is 0.416 e. The Morgan fingerprint density at radius 2 is 2.06 bits per heavy atom. The number of anilines is 1. The molecule has 1 aromatic carbocycles. The van der Waals surface area contributed by atoms with Gasteiger partial charge in [-0.1, -0.05) is 6.58 Å². The number of rotatable bonds is 3. The van der Waals surface area contributed by atoms with Crippen molar-refractivity contribution < 1.29 is 17.9 Å². The molecule has 0 aliphatic carbocycles. The van der Waals surface area contributed by atoms with E-state index in [9.17, 15) is 13.2 Å². The van der Waals surface area contributed by atoms with E-state index in [2.05, 4.69) is 6.58 Å². The zero-order valence-electron chi connectivity index (χ0n) is 8.77. The van der Waals surface area contributed by atoms with Gasteiger partial charge in [-0.3, -0.25) is 0 Å². The Bertz CT molecular complexity index is 399. The maximum atomic E-state index is 12.4. The minimum absolute atomic E-state index is 0.144. The van der Waals surface area contributed by atoms with Crippen LogP contribution >= 0.6 is 0 Å².